The Labute approximate surface area is 361 Å². The molecule has 1 aliphatic heterocycles. The van der Waals surface area contributed by atoms with E-state index in [0.717, 1.165) is 27.9 Å². The monoisotopic (exact) mass is 863 g/mol. The first-order chi connectivity index (χ1) is 28.2. The molecule has 0 saturated carbocycles. The van der Waals surface area contributed by atoms with Gasteiger partial charge < -0.3 is 18.5 Å². The van der Waals surface area contributed by atoms with E-state index in [4.69, 9.17) is 13.6 Å². The standard InChI is InChI=1S/C50H66NO6PSi2/c1-13-34-55-48(54)47(58(40-23-17-14-18-24-40,41-25-19-15-20-26-41)42-27-21-16-22-28-42)51-43(45(46(51)53)37(2)57-60(11,12)50(6,7)8)36-44(52)39-31-29-38(30-32-39)33-35-56-59(9,10)49(3,4)5/h13-32,37,43,45H,1,33-36H2,2-12H3/t37-,43-,45-/m1/s1. The third-order valence-electron chi connectivity index (χ3n) is 12.9. The third kappa shape index (κ3) is 9.82. The number of β-lactam (4-membered cyclic amide) rings is 1. The molecule has 0 radical (unpaired) electrons. The number of rotatable bonds is 17. The average Bonchev–Trinajstić information content (AvgIpc) is 3.20. The van der Waals surface area contributed by atoms with Crippen molar-refractivity contribution in [2.75, 3.05) is 13.2 Å². The first-order valence-corrected chi connectivity index (χ1v) is 28.8. The van der Waals surface area contributed by atoms with Gasteiger partial charge in [-0.2, -0.15) is 0 Å². The van der Waals surface area contributed by atoms with Gasteiger partial charge in [-0.15, -0.1) is 0 Å². The SMILES string of the molecule is C=CCOC(=O)C(N1C(=O)[C@H]([C@@H](C)O[Si](C)(C)C(C)(C)C)[C@H]1CC(=O)c1ccc(CCO[Si](C)(C)C(C)(C)C)cc1)=P(c1ccccc1)(c1ccccc1)c1ccccc1. The van der Waals surface area contributed by atoms with Crippen molar-refractivity contribution in [1.82, 2.24) is 4.90 Å². The van der Waals surface area contributed by atoms with Crippen LogP contribution in [0.3, 0.4) is 0 Å². The number of amides is 1. The van der Waals surface area contributed by atoms with E-state index >= 15 is 9.59 Å². The summed E-state index contributed by atoms with van der Waals surface area (Å²) in [6, 6.07) is 36.8. The van der Waals surface area contributed by atoms with E-state index in [9.17, 15) is 4.79 Å². The Bertz CT molecular complexity index is 2070. The van der Waals surface area contributed by atoms with Crippen LogP contribution in [0.1, 0.15) is 70.8 Å². The first-order valence-electron chi connectivity index (χ1n) is 21.2. The van der Waals surface area contributed by atoms with Crippen LogP contribution in [0.25, 0.3) is 0 Å². The molecule has 60 heavy (non-hydrogen) atoms. The minimum absolute atomic E-state index is 0.00789. The number of esters is 1. The minimum atomic E-state index is -3.18. The van der Waals surface area contributed by atoms with Crippen molar-refractivity contribution in [3.63, 3.8) is 0 Å². The van der Waals surface area contributed by atoms with Crippen molar-refractivity contribution in [2.24, 2.45) is 5.92 Å². The Hall–Kier alpha value is -4.12. The van der Waals surface area contributed by atoms with Crippen LogP contribution >= 0.6 is 6.89 Å². The van der Waals surface area contributed by atoms with Crippen LogP contribution in [0.2, 0.25) is 36.3 Å². The molecule has 7 nitrogen and oxygen atoms in total. The molecule has 0 N–H and O–H groups in total. The largest absolute Gasteiger partial charge is 0.457 e. The molecule has 1 saturated heterocycles. The summed E-state index contributed by atoms with van der Waals surface area (Å²) in [5, 5.41) is 2.65. The summed E-state index contributed by atoms with van der Waals surface area (Å²) in [5.74, 6) is -1.67. The van der Waals surface area contributed by atoms with Crippen molar-refractivity contribution in [2.45, 2.75) is 110 Å². The number of carbonyl (C=O) groups is 3. The lowest BCUT2D eigenvalue weighted by molar-refractivity contribution is -0.156. The normalized spacial score (nSPS) is 16.8. The van der Waals surface area contributed by atoms with E-state index in [2.05, 4.69) is 74.3 Å². The lowest BCUT2D eigenvalue weighted by Gasteiger charge is -2.53. The maximum Gasteiger partial charge on any atom is 0.356 e. The summed E-state index contributed by atoms with van der Waals surface area (Å²) in [4.78, 5) is 46.5. The number of carbonyl (C=O) groups excluding carboxylic acids is 3. The molecular weight excluding hydrogens is 798 g/mol. The Balaban J connectivity index is 1.68. The summed E-state index contributed by atoms with van der Waals surface area (Å²) in [5.41, 5.74) is 1.87. The third-order valence-corrected chi connectivity index (χ3v) is 26.2. The fourth-order valence-corrected chi connectivity index (χ4v) is 14.3. The maximum atomic E-state index is 15.2. The molecule has 0 unspecified atom stereocenters. The lowest BCUT2D eigenvalue weighted by Crippen LogP contribution is -2.69. The highest BCUT2D eigenvalue weighted by Crippen LogP contribution is 2.51. The number of likely N-dealkylation sites (tertiary alicyclic amines) is 1. The molecule has 0 spiro atoms. The van der Waals surface area contributed by atoms with Crippen molar-refractivity contribution in [1.29, 1.82) is 0 Å². The fourth-order valence-electron chi connectivity index (χ4n) is 7.45. The number of nitrogens with zero attached hydrogens (tertiary/aromatic N) is 1. The zero-order chi connectivity index (χ0) is 44.1. The van der Waals surface area contributed by atoms with Crippen LogP contribution in [0.15, 0.2) is 128 Å². The molecule has 1 heterocycles. The van der Waals surface area contributed by atoms with Gasteiger partial charge in [0, 0.05) is 25.5 Å². The van der Waals surface area contributed by atoms with E-state index < -0.39 is 47.6 Å². The van der Waals surface area contributed by atoms with Gasteiger partial charge in [-0.25, -0.2) is 4.79 Å². The predicted molar refractivity (Wildman–Crippen MR) is 255 cm³/mol. The number of hydrogen-bond donors (Lipinski definition) is 0. The number of Topliss-reactive ketones (excluding diaryl/α,β-unsaturated/α-hetero) is 1. The quantitative estimate of drug-likeness (QED) is 0.0263. The average molecular weight is 864 g/mol. The molecule has 0 aromatic heterocycles. The van der Waals surface area contributed by atoms with Gasteiger partial charge in [0.05, 0.1) is 18.1 Å². The van der Waals surface area contributed by atoms with Gasteiger partial charge in [0.25, 0.3) is 0 Å². The molecule has 4 aromatic rings. The van der Waals surface area contributed by atoms with Crippen LogP contribution < -0.4 is 15.9 Å². The van der Waals surface area contributed by atoms with Crippen LogP contribution in [0, 0.1) is 5.92 Å². The fraction of sp³-hybridized carbons (Fsp3) is 0.400. The second-order valence-electron chi connectivity index (χ2n) is 19.0. The van der Waals surface area contributed by atoms with E-state index in [0.29, 0.717) is 12.2 Å². The smallest absolute Gasteiger partial charge is 0.356 e. The second kappa shape index (κ2) is 18.9. The van der Waals surface area contributed by atoms with E-state index in [-0.39, 0.29) is 40.2 Å². The van der Waals surface area contributed by atoms with Crippen LogP contribution in [0.4, 0.5) is 0 Å². The van der Waals surface area contributed by atoms with Gasteiger partial charge in [-0.1, -0.05) is 169 Å². The minimum Gasteiger partial charge on any atom is -0.457 e. The Morgan fingerprint density at radius 3 is 1.65 bits per heavy atom. The molecule has 10 heteroatoms. The number of ketones is 1. The summed E-state index contributed by atoms with van der Waals surface area (Å²) in [7, 11) is -4.26. The maximum absolute atomic E-state index is 15.2. The van der Waals surface area contributed by atoms with Crippen molar-refractivity contribution in [3.8, 4) is 0 Å². The zero-order valence-corrected chi connectivity index (χ0v) is 40.6. The van der Waals surface area contributed by atoms with Gasteiger partial charge in [0.15, 0.2) is 22.4 Å². The molecule has 1 fully saturated rings. The highest BCUT2D eigenvalue weighted by Gasteiger charge is 2.57. The Morgan fingerprint density at radius 1 is 0.750 bits per heavy atom. The van der Waals surface area contributed by atoms with E-state index in [1.165, 1.54) is 6.08 Å². The molecular formula is C50H66NO6PSi2. The van der Waals surface area contributed by atoms with Crippen molar-refractivity contribution >= 4 is 62.5 Å². The topological polar surface area (TPSA) is 82.1 Å². The first kappa shape index (κ1) is 46.9. The number of benzene rings is 4. The highest BCUT2D eigenvalue weighted by atomic mass is 31.2. The van der Waals surface area contributed by atoms with Gasteiger partial charge in [0.2, 0.25) is 5.91 Å². The molecule has 5 rings (SSSR count). The van der Waals surface area contributed by atoms with Gasteiger partial charge >= 0.3 is 5.97 Å². The van der Waals surface area contributed by atoms with Crippen molar-refractivity contribution in [3.05, 3.63) is 139 Å². The van der Waals surface area contributed by atoms with Gasteiger partial charge in [0.1, 0.15) is 12.0 Å². The van der Waals surface area contributed by atoms with E-state index in [1.807, 2.05) is 122 Å². The molecule has 1 amide bonds. The molecule has 0 bridgehead atoms. The molecule has 4 aromatic carbocycles. The summed E-state index contributed by atoms with van der Waals surface area (Å²) in [6.45, 7) is 25.2. The lowest BCUT2D eigenvalue weighted by atomic mass is 9.79. The van der Waals surface area contributed by atoms with E-state index in [1.54, 1.807) is 4.90 Å². The van der Waals surface area contributed by atoms with Gasteiger partial charge in [-0.3, -0.25) is 9.59 Å². The molecule has 1 aliphatic rings. The number of ether oxygens (including phenoxy) is 1. The molecule has 0 aliphatic carbocycles. The highest BCUT2D eigenvalue weighted by molar-refractivity contribution is 7.96. The van der Waals surface area contributed by atoms with Crippen LogP contribution in [-0.4, -0.2) is 70.0 Å². The summed E-state index contributed by atoms with van der Waals surface area (Å²) in [6.07, 6.45) is 1.75. The Kier molecular flexibility index (Phi) is 14.8. The van der Waals surface area contributed by atoms with Crippen molar-refractivity contribution < 1.29 is 28.0 Å². The summed E-state index contributed by atoms with van der Waals surface area (Å²) >= 11 is 0. The van der Waals surface area contributed by atoms with Crippen LogP contribution in [0.5, 0.6) is 0 Å². The number of hydrogen-bond acceptors (Lipinski definition) is 6. The van der Waals surface area contributed by atoms with Crippen LogP contribution in [-0.2, 0) is 29.6 Å². The Morgan fingerprint density at radius 2 is 1.22 bits per heavy atom. The second-order valence-corrected chi connectivity index (χ2v) is 31.8. The zero-order valence-electron chi connectivity index (χ0n) is 37.7. The van der Waals surface area contributed by atoms with Gasteiger partial charge in [-0.05, 0) is 71.1 Å². The molecule has 3 atom stereocenters. The summed E-state index contributed by atoms with van der Waals surface area (Å²) < 4.78 is 19.4. The predicted octanol–water partition coefficient (Wildman–Crippen LogP) is 9.91. The molecule has 320 valence electrons.